The van der Waals surface area contributed by atoms with Crippen molar-refractivity contribution in [3.63, 3.8) is 0 Å². The van der Waals surface area contributed by atoms with Crippen LogP contribution < -0.4 is 17.2 Å². The first-order chi connectivity index (χ1) is 9.40. The Kier molecular flexibility index (Phi) is 6.08. The van der Waals surface area contributed by atoms with E-state index >= 15 is 0 Å². The van der Waals surface area contributed by atoms with Gasteiger partial charge in [0, 0.05) is 12.5 Å². The molecule has 0 aliphatic carbocycles. The average molecular weight is 294 g/mol. The second kappa shape index (κ2) is 7.56. The predicted octanol–water partition coefficient (Wildman–Crippen LogP) is -0.671. The summed E-state index contributed by atoms with van der Waals surface area (Å²) < 4.78 is 0. The molecule has 20 heavy (non-hydrogen) atoms. The first-order valence-corrected chi connectivity index (χ1v) is 6.44. The van der Waals surface area contributed by atoms with Crippen molar-refractivity contribution < 1.29 is 9.59 Å². The third-order valence-electron chi connectivity index (χ3n) is 2.75. The Balaban J connectivity index is 2.88. The van der Waals surface area contributed by atoms with E-state index in [0.29, 0.717) is 6.54 Å². The number of nitrogens with zero attached hydrogens (tertiary/aromatic N) is 1. The Morgan fingerprint density at radius 1 is 1.05 bits per heavy atom. The Morgan fingerprint density at radius 2 is 1.55 bits per heavy atom. The minimum absolute atomic E-state index is 0.0745. The van der Waals surface area contributed by atoms with Gasteiger partial charge in [-0.1, -0.05) is 42.5 Å². The Bertz CT molecular complexity index is 476. The van der Waals surface area contributed by atoms with Crippen LogP contribution in [0.2, 0.25) is 0 Å². The number of hydrogen-bond donors (Lipinski definition) is 3. The molecule has 6 nitrogen and oxygen atoms in total. The molecule has 2 amide bonds. The Labute approximate surface area is 122 Å². The van der Waals surface area contributed by atoms with E-state index in [9.17, 15) is 9.59 Å². The van der Waals surface area contributed by atoms with Crippen LogP contribution in [-0.4, -0.2) is 41.3 Å². The summed E-state index contributed by atoms with van der Waals surface area (Å²) in [5.41, 5.74) is 17.0. The number of primary amides is 2. The molecule has 1 unspecified atom stereocenters. The first kappa shape index (κ1) is 16.1. The normalized spacial score (nSPS) is 12.1. The fraction of sp³-hybridized carbons (Fsp3) is 0.308. The number of thiocarbonyl (C=S) groups is 1. The summed E-state index contributed by atoms with van der Waals surface area (Å²) in [6, 6.07) is 9.39. The quantitative estimate of drug-likeness (QED) is 0.550. The predicted molar refractivity (Wildman–Crippen MR) is 80.8 cm³/mol. The van der Waals surface area contributed by atoms with Crippen molar-refractivity contribution in [1.82, 2.24) is 4.90 Å². The highest BCUT2D eigenvalue weighted by atomic mass is 32.1. The number of benzene rings is 1. The second-order valence-electron chi connectivity index (χ2n) is 4.47. The van der Waals surface area contributed by atoms with Crippen molar-refractivity contribution >= 4 is 29.0 Å². The standard InChI is InChI=1S/C13H18N4O2S/c14-11(18)7-17(8-12(15)19)6-10(13(16)20)9-4-2-1-3-5-9/h1-5,10H,6-8H2,(H2,14,18)(H2,15,19)(H2,16,20). The molecule has 0 radical (unpaired) electrons. The van der Waals surface area contributed by atoms with Gasteiger partial charge in [0.05, 0.1) is 18.1 Å². The molecule has 7 heteroatoms. The summed E-state index contributed by atoms with van der Waals surface area (Å²) in [5.74, 6) is -1.35. The molecule has 1 atom stereocenters. The van der Waals surface area contributed by atoms with Crippen LogP contribution in [0.15, 0.2) is 30.3 Å². The molecule has 0 bridgehead atoms. The van der Waals surface area contributed by atoms with Crippen LogP contribution in [0.1, 0.15) is 11.5 Å². The molecule has 0 fully saturated rings. The topological polar surface area (TPSA) is 115 Å². The minimum atomic E-state index is -0.541. The Morgan fingerprint density at radius 3 is 1.95 bits per heavy atom. The molecule has 0 saturated carbocycles. The number of nitrogens with two attached hydrogens (primary N) is 3. The van der Waals surface area contributed by atoms with E-state index < -0.39 is 11.8 Å². The molecule has 0 spiro atoms. The highest BCUT2D eigenvalue weighted by Gasteiger charge is 2.20. The molecule has 0 aliphatic heterocycles. The number of amides is 2. The van der Waals surface area contributed by atoms with Gasteiger partial charge in [-0.15, -0.1) is 0 Å². The maximum absolute atomic E-state index is 11.0. The zero-order chi connectivity index (χ0) is 15.1. The molecule has 1 aromatic carbocycles. The monoisotopic (exact) mass is 294 g/mol. The first-order valence-electron chi connectivity index (χ1n) is 6.03. The van der Waals surface area contributed by atoms with Gasteiger partial charge in [0.25, 0.3) is 0 Å². The van der Waals surface area contributed by atoms with Gasteiger partial charge < -0.3 is 17.2 Å². The van der Waals surface area contributed by atoms with Crippen LogP contribution in [0, 0.1) is 0 Å². The summed E-state index contributed by atoms with van der Waals surface area (Å²) in [6.45, 7) is 0.162. The van der Waals surface area contributed by atoms with Gasteiger partial charge >= 0.3 is 0 Å². The van der Waals surface area contributed by atoms with Crippen LogP contribution in [0.3, 0.4) is 0 Å². The lowest BCUT2D eigenvalue weighted by Gasteiger charge is -2.25. The Hall–Kier alpha value is -1.99. The van der Waals surface area contributed by atoms with Crippen molar-refractivity contribution in [3.05, 3.63) is 35.9 Å². The molecule has 0 saturated heterocycles. The van der Waals surface area contributed by atoms with Gasteiger partial charge in [-0.3, -0.25) is 14.5 Å². The molecule has 6 N–H and O–H groups in total. The van der Waals surface area contributed by atoms with Gasteiger partial charge in [-0.25, -0.2) is 0 Å². The SMILES string of the molecule is NC(=O)CN(CC(N)=O)CC(C(N)=S)c1ccccc1. The lowest BCUT2D eigenvalue weighted by molar-refractivity contribution is -0.121. The van der Waals surface area contributed by atoms with Gasteiger partial charge in [-0.05, 0) is 5.56 Å². The van der Waals surface area contributed by atoms with Crippen LogP contribution in [0.5, 0.6) is 0 Å². The maximum Gasteiger partial charge on any atom is 0.231 e. The lowest BCUT2D eigenvalue weighted by atomic mass is 9.98. The van der Waals surface area contributed by atoms with Gasteiger partial charge in [0.15, 0.2) is 0 Å². The third-order valence-corrected chi connectivity index (χ3v) is 3.03. The van der Waals surface area contributed by atoms with Crippen LogP contribution >= 0.6 is 12.2 Å². The third kappa shape index (κ3) is 5.33. The zero-order valence-corrected chi connectivity index (χ0v) is 11.8. The van der Waals surface area contributed by atoms with E-state index in [2.05, 4.69) is 0 Å². The van der Waals surface area contributed by atoms with Crippen molar-refractivity contribution in [3.8, 4) is 0 Å². The van der Waals surface area contributed by atoms with Crippen molar-refractivity contribution in [1.29, 1.82) is 0 Å². The van der Waals surface area contributed by atoms with Gasteiger partial charge in [-0.2, -0.15) is 0 Å². The van der Waals surface area contributed by atoms with E-state index in [4.69, 9.17) is 29.4 Å². The van der Waals surface area contributed by atoms with Gasteiger partial charge in [0.2, 0.25) is 11.8 Å². The maximum atomic E-state index is 11.0. The smallest absolute Gasteiger partial charge is 0.231 e. The van der Waals surface area contributed by atoms with E-state index in [0.717, 1.165) is 5.56 Å². The van der Waals surface area contributed by atoms with Crippen LogP contribution in [0.4, 0.5) is 0 Å². The molecule has 0 heterocycles. The van der Waals surface area contributed by atoms with Crippen molar-refractivity contribution in [2.75, 3.05) is 19.6 Å². The highest BCUT2D eigenvalue weighted by Crippen LogP contribution is 2.17. The van der Waals surface area contributed by atoms with Crippen molar-refractivity contribution in [2.45, 2.75) is 5.92 Å². The largest absolute Gasteiger partial charge is 0.393 e. The fourth-order valence-corrected chi connectivity index (χ4v) is 2.14. The number of hydrogen-bond acceptors (Lipinski definition) is 4. The second-order valence-corrected chi connectivity index (χ2v) is 4.94. The zero-order valence-electron chi connectivity index (χ0n) is 11.0. The molecule has 1 aromatic rings. The lowest BCUT2D eigenvalue weighted by Crippen LogP contribution is -2.43. The van der Waals surface area contributed by atoms with Crippen molar-refractivity contribution in [2.24, 2.45) is 17.2 Å². The van der Waals surface area contributed by atoms with E-state index in [1.165, 1.54) is 0 Å². The minimum Gasteiger partial charge on any atom is -0.393 e. The molecule has 0 aromatic heterocycles. The average Bonchev–Trinajstić information content (AvgIpc) is 2.35. The van der Waals surface area contributed by atoms with Crippen LogP contribution in [-0.2, 0) is 9.59 Å². The fourth-order valence-electron chi connectivity index (χ4n) is 1.93. The summed E-state index contributed by atoms with van der Waals surface area (Å²) in [6.07, 6.45) is 0. The van der Waals surface area contributed by atoms with Gasteiger partial charge in [0.1, 0.15) is 0 Å². The number of carbonyl (C=O) groups is 2. The summed E-state index contributed by atoms with van der Waals surface area (Å²) in [7, 11) is 0. The van der Waals surface area contributed by atoms with E-state index in [1.54, 1.807) is 4.90 Å². The molecule has 108 valence electrons. The number of rotatable bonds is 8. The highest BCUT2D eigenvalue weighted by molar-refractivity contribution is 7.80. The molecule has 0 aliphatic rings. The van der Waals surface area contributed by atoms with Crippen LogP contribution in [0.25, 0.3) is 0 Å². The summed E-state index contributed by atoms with van der Waals surface area (Å²) in [4.78, 5) is 23.9. The van der Waals surface area contributed by atoms with E-state index in [1.807, 2.05) is 30.3 Å². The van der Waals surface area contributed by atoms with E-state index in [-0.39, 0.29) is 24.0 Å². The molecule has 1 rings (SSSR count). The number of carbonyl (C=O) groups excluding carboxylic acids is 2. The summed E-state index contributed by atoms with van der Waals surface area (Å²) in [5, 5.41) is 0. The molecular weight excluding hydrogens is 276 g/mol. The molecular formula is C13H18N4O2S. The summed E-state index contributed by atoms with van der Waals surface area (Å²) >= 11 is 5.06.